The number of carbonyl (C=O) groups excluding carboxylic acids is 2. The number of amides is 1. The van der Waals surface area contributed by atoms with Crippen LogP contribution in [0.3, 0.4) is 0 Å². The third-order valence-corrected chi connectivity index (χ3v) is 3.81. The lowest BCUT2D eigenvalue weighted by molar-refractivity contribution is -0.133. The number of nitrogens with zero attached hydrogens (tertiary/aromatic N) is 1. The predicted molar refractivity (Wildman–Crippen MR) is 93.6 cm³/mol. The largest absolute Gasteiger partial charge is 0.461 e. The average molecular weight is 348 g/mol. The quantitative estimate of drug-likeness (QED) is 0.616. The summed E-state index contributed by atoms with van der Waals surface area (Å²) in [7, 11) is 0. The van der Waals surface area contributed by atoms with Crippen LogP contribution in [0.25, 0.3) is 0 Å². The lowest BCUT2D eigenvalue weighted by atomic mass is 10.2. The van der Waals surface area contributed by atoms with E-state index in [1.54, 1.807) is 17.0 Å². The molecule has 8 heteroatoms. The van der Waals surface area contributed by atoms with Crippen molar-refractivity contribution in [3.8, 4) is 0 Å². The topological polar surface area (TPSA) is 94.5 Å². The van der Waals surface area contributed by atoms with Crippen molar-refractivity contribution in [2.75, 3.05) is 36.4 Å². The van der Waals surface area contributed by atoms with Crippen molar-refractivity contribution in [2.24, 2.45) is 0 Å². The van der Waals surface area contributed by atoms with E-state index in [0.717, 1.165) is 0 Å². The van der Waals surface area contributed by atoms with Gasteiger partial charge in [0.25, 0.3) is 6.47 Å². The number of anilines is 2. The number of carbonyl (C=O) groups is 2. The fraction of sp³-hybridized carbons (Fsp3) is 0.353. The maximum absolute atomic E-state index is 14.4. The Morgan fingerprint density at radius 1 is 1.48 bits per heavy atom. The van der Waals surface area contributed by atoms with Crippen LogP contribution in [0.4, 0.5) is 15.8 Å². The van der Waals surface area contributed by atoms with Crippen LogP contribution in [0.5, 0.6) is 0 Å². The normalized spacial score (nSPS) is 15.0. The van der Waals surface area contributed by atoms with Crippen LogP contribution in [-0.2, 0) is 14.3 Å². The summed E-state index contributed by atoms with van der Waals surface area (Å²) in [6.07, 6.45) is -0.563. The molecule has 1 amide bonds. The molecule has 134 valence electrons. The molecule has 0 radical (unpaired) electrons. The number of hydrogen-bond donors (Lipinski definition) is 3. The van der Waals surface area contributed by atoms with Crippen molar-refractivity contribution >= 4 is 29.5 Å². The summed E-state index contributed by atoms with van der Waals surface area (Å²) in [5, 5.41) is 13.3. The second kappa shape index (κ2) is 8.27. The molecule has 1 unspecified atom stereocenters. The van der Waals surface area contributed by atoms with Gasteiger partial charge in [-0.15, -0.1) is 0 Å². The van der Waals surface area contributed by atoms with Crippen LogP contribution in [0.2, 0.25) is 0 Å². The minimum atomic E-state index is -0.563. The molecule has 0 bridgehead atoms. The van der Waals surface area contributed by atoms with Gasteiger partial charge in [0.05, 0.1) is 31.0 Å². The van der Waals surface area contributed by atoms with Crippen molar-refractivity contribution < 1.29 is 18.7 Å². The molecule has 7 nitrogen and oxygen atoms in total. The summed E-state index contributed by atoms with van der Waals surface area (Å²) < 4.78 is 19.2. The second-order valence-corrected chi connectivity index (χ2v) is 5.78. The summed E-state index contributed by atoms with van der Waals surface area (Å²) in [6, 6.07) is 4.68. The molecule has 1 aliphatic rings. The highest BCUT2D eigenvalue weighted by Gasteiger charge is 2.23. The Hall–Kier alpha value is -2.90. The molecule has 1 saturated heterocycles. The molecule has 2 rings (SSSR count). The highest BCUT2D eigenvalue weighted by atomic mass is 19.1. The van der Waals surface area contributed by atoms with Gasteiger partial charge in [0, 0.05) is 19.2 Å². The molecular weight excluding hydrogens is 327 g/mol. The third kappa shape index (κ3) is 5.03. The fourth-order valence-corrected chi connectivity index (χ4v) is 2.46. The summed E-state index contributed by atoms with van der Waals surface area (Å²) in [5.74, 6) is -0.644. The van der Waals surface area contributed by atoms with E-state index in [0.29, 0.717) is 42.2 Å². The minimum Gasteiger partial charge on any atom is -0.461 e. The van der Waals surface area contributed by atoms with Crippen molar-refractivity contribution in [1.82, 2.24) is 5.32 Å². The van der Waals surface area contributed by atoms with E-state index in [1.165, 1.54) is 13.0 Å². The maximum atomic E-state index is 14.4. The van der Waals surface area contributed by atoms with E-state index >= 15 is 0 Å². The molecule has 0 saturated carbocycles. The Morgan fingerprint density at radius 3 is 2.80 bits per heavy atom. The molecule has 1 aromatic carbocycles. The van der Waals surface area contributed by atoms with Crippen LogP contribution in [0, 0.1) is 11.2 Å². The summed E-state index contributed by atoms with van der Waals surface area (Å²) >= 11 is 0. The number of benzene rings is 1. The number of nitrogens with one attached hydrogen (secondary N) is 3. The van der Waals surface area contributed by atoms with Gasteiger partial charge in [0.2, 0.25) is 5.91 Å². The van der Waals surface area contributed by atoms with Gasteiger partial charge >= 0.3 is 0 Å². The summed E-state index contributed by atoms with van der Waals surface area (Å²) in [6.45, 7) is 6.63. The van der Waals surface area contributed by atoms with Gasteiger partial charge in [-0.05, 0) is 23.8 Å². The van der Waals surface area contributed by atoms with E-state index in [1.807, 2.05) is 0 Å². The predicted octanol–water partition coefficient (Wildman–Crippen LogP) is 1.31. The van der Waals surface area contributed by atoms with Gasteiger partial charge in [-0.2, -0.15) is 0 Å². The van der Waals surface area contributed by atoms with E-state index < -0.39 is 11.9 Å². The monoisotopic (exact) mass is 348 g/mol. The Labute approximate surface area is 145 Å². The molecule has 1 atom stereocenters. The van der Waals surface area contributed by atoms with Gasteiger partial charge in [0.1, 0.15) is 11.9 Å². The van der Waals surface area contributed by atoms with Crippen molar-refractivity contribution in [3.05, 3.63) is 36.2 Å². The molecular formula is C17H21FN4O3. The van der Waals surface area contributed by atoms with Crippen molar-refractivity contribution in [3.63, 3.8) is 0 Å². The zero-order chi connectivity index (χ0) is 18.4. The van der Waals surface area contributed by atoms with Crippen LogP contribution >= 0.6 is 0 Å². The first-order valence-electron chi connectivity index (χ1n) is 7.78. The van der Waals surface area contributed by atoms with Gasteiger partial charge < -0.3 is 25.7 Å². The van der Waals surface area contributed by atoms with Crippen molar-refractivity contribution in [2.45, 2.75) is 13.0 Å². The molecule has 0 spiro atoms. The number of halogens is 1. The zero-order valence-electron chi connectivity index (χ0n) is 14.0. The average Bonchev–Trinajstić information content (AvgIpc) is 2.89. The molecule has 3 N–H and O–H groups in total. The first kappa shape index (κ1) is 18.4. The maximum Gasteiger partial charge on any atom is 0.293 e. The number of ether oxygens (including phenoxy) is 1. The third-order valence-electron chi connectivity index (χ3n) is 3.81. The van der Waals surface area contributed by atoms with Gasteiger partial charge in [-0.3, -0.25) is 9.59 Å². The summed E-state index contributed by atoms with van der Waals surface area (Å²) in [4.78, 5) is 23.2. The molecule has 1 fully saturated rings. The first-order valence-corrected chi connectivity index (χ1v) is 7.78. The Kier molecular flexibility index (Phi) is 6.10. The Morgan fingerprint density at radius 2 is 2.24 bits per heavy atom. The molecule has 1 aliphatic heterocycles. The van der Waals surface area contributed by atoms with Gasteiger partial charge in [-0.1, -0.05) is 6.58 Å². The Bertz CT molecular complexity index is 676. The molecule has 1 heterocycles. The van der Waals surface area contributed by atoms with E-state index in [2.05, 4.69) is 17.2 Å². The highest BCUT2D eigenvalue weighted by molar-refractivity contribution is 6.04. The zero-order valence-corrected chi connectivity index (χ0v) is 14.0. The minimum absolute atomic E-state index is 0.166. The summed E-state index contributed by atoms with van der Waals surface area (Å²) in [5.41, 5.74) is 2.03. The SMILES string of the molecule is C=C1CN(c2ccc(NCC(CNC(C)=O)OC=O)cc2F)CC1=N. The standard InChI is InChI=1S/C17H21FN4O3/c1-11-8-22(9-16(11)19)17-4-3-13(5-15(17)18)21-7-14(25-10-23)6-20-12(2)24/h3-5,10,14,19,21H,1,6-9H2,2H3,(H,20,24). The van der Waals surface area contributed by atoms with E-state index in [4.69, 9.17) is 10.1 Å². The van der Waals surface area contributed by atoms with Crippen LogP contribution < -0.4 is 15.5 Å². The highest BCUT2D eigenvalue weighted by Crippen LogP contribution is 2.26. The Balaban J connectivity index is 1.97. The van der Waals surface area contributed by atoms with Gasteiger partial charge in [-0.25, -0.2) is 4.39 Å². The lowest BCUT2D eigenvalue weighted by Crippen LogP contribution is -2.36. The second-order valence-electron chi connectivity index (χ2n) is 5.78. The van der Waals surface area contributed by atoms with E-state index in [-0.39, 0.29) is 19.0 Å². The van der Waals surface area contributed by atoms with Crippen LogP contribution in [0.15, 0.2) is 30.4 Å². The van der Waals surface area contributed by atoms with Gasteiger partial charge in [0.15, 0.2) is 0 Å². The number of rotatable bonds is 8. The molecule has 0 aromatic heterocycles. The molecule has 25 heavy (non-hydrogen) atoms. The van der Waals surface area contributed by atoms with Crippen molar-refractivity contribution in [1.29, 1.82) is 5.41 Å². The number of hydrogen-bond acceptors (Lipinski definition) is 6. The fourth-order valence-electron chi connectivity index (χ4n) is 2.46. The smallest absolute Gasteiger partial charge is 0.293 e. The molecule has 0 aliphatic carbocycles. The van der Waals surface area contributed by atoms with E-state index in [9.17, 15) is 14.0 Å². The first-order chi connectivity index (χ1) is 11.9. The molecule has 1 aromatic rings. The van der Waals surface area contributed by atoms with Crippen LogP contribution in [-0.4, -0.2) is 50.4 Å². The lowest BCUT2D eigenvalue weighted by Gasteiger charge is -2.20. The van der Waals surface area contributed by atoms with Crippen LogP contribution in [0.1, 0.15) is 6.92 Å².